The van der Waals surface area contributed by atoms with Gasteiger partial charge in [-0.2, -0.15) is 0 Å². The van der Waals surface area contributed by atoms with Crippen LogP contribution >= 0.6 is 0 Å². The third-order valence-electron chi connectivity index (χ3n) is 3.06. The average molecular weight is 243 g/mol. The Labute approximate surface area is 101 Å². The van der Waals surface area contributed by atoms with E-state index in [1.165, 1.54) is 0 Å². The maximum Gasteiger partial charge on any atom is 0.303 e. The molecule has 0 bridgehead atoms. The van der Waals surface area contributed by atoms with Crippen molar-refractivity contribution in [3.8, 4) is 0 Å². The Bertz CT molecular complexity index is 283. The molecule has 0 aromatic rings. The highest BCUT2D eigenvalue weighted by atomic mass is 16.4. The Morgan fingerprint density at radius 1 is 1.59 bits per heavy atom. The summed E-state index contributed by atoms with van der Waals surface area (Å²) >= 11 is 0. The van der Waals surface area contributed by atoms with Crippen LogP contribution in [0.1, 0.15) is 19.3 Å². The van der Waals surface area contributed by atoms with Gasteiger partial charge in [-0.15, -0.1) is 0 Å². The van der Waals surface area contributed by atoms with Crippen LogP contribution in [-0.4, -0.2) is 54.6 Å². The molecule has 0 radical (unpaired) electrons. The van der Waals surface area contributed by atoms with Gasteiger partial charge < -0.3 is 21.1 Å². The van der Waals surface area contributed by atoms with Crippen LogP contribution in [0.3, 0.4) is 0 Å². The summed E-state index contributed by atoms with van der Waals surface area (Å²) in [7, 11) is 2.06. The number of nitrogens with one attached hydrogen (secondary N) is 1. The van der Waals surface area contributed by atoms with Crippen molar-refractivity contribution in [3.05, 3.63) is 0 Å². The Morgan fingerprint density at radius 2 is 2.29 bits per heavy atom. The van der Waals surface area contributed by atoms with Crippen molar-refractivity contribution in [2.24, 2.45) is 11.7 Å². The van der Waals surface area contributed by atoms with Crippen LogP contribution in [-0.2, 0) is 9.59 Å². The molecule has 6 heteroatoms. The molecule has 0 aromatic carbocycles. The van der Waals surface area contributed by atoms with Gasteiger partial charge in [0.2, 0.25) is 5.91 Å². The molecule has 1 rings (SSSR count). The third-order valence-corrected chi connectivity index (χ3v) is 3.06. The number of nitrogens with two attached hydrogens (primary N) is 1. The van der Waals surface area contributed by atoms with E-state index in [-0.39, 0.29) is 18.7 Å². The fourth-order valence-electron chi connectivity index (χ4n) is 1.98. The van der Waals surface area contributed by atoms with Gasteiger partial charge in [0.15, 0.2) is 0 Å². The van der Waals surface area contributed by atoms with Crippen molar-refractivity contribution in [2.75, 3.05) is 26.7 Å². The summed E-state index contributed by atoms with van der Waals surface area (Å²) in [4.78, 5) is 24.1. The minimum atomic E-state index is -0.925. The quantitative estimate of drug-likeness (QED) is 0.570. The Morgan fingerprint density at radius 3 is 2.82 bits per heavy atom. The molecular formula is C11H21N3O3. The lowest BCUT2D eigenvalue weighted by atomic mass is 10.1. The summed E-state index contributed by atoms with van der Waals surface area (Å²) in [5.41, 5.74) is 5.59. The van der Waals surface area contributed by atoms with Crippen molar-refractivity contribution in [1.29, 1.82) is 0 Å². The molecular weight excluding hydrogens is 222 g/mol. The lowest BCUT2D eigenvalue weighted by molar-refractivity contribution is -0.137. The highest BCUT2D eigenvalue weighted by Gasteiger charge is 2.21. The van der Waals surface area contributed by atoms with Crippen LogP contribution in [0.25, 0.3) is 0 Å². The first-order valence-corrected chi connectivity index (χ1v) is 5.92. The number of carboxylic acids is 1. The van der Waals surface area contributed by atoms with E-state index in [9.17, 15) is 9.59 Å². The summed E-state index contributed by atoms with van der Waals surface area (Å²) in [5, 5.41) is 11.3. The fourth-order valence-corrected chi connectivity index (χ4v) is 1.98. The van der Waals surface area contributed by atoms with Gasteiger partial charge in [-0.3, -0.25) is 9.59 Å². The molecule has 2 unspecified atom stereocenters. The maximum atomic E-state index is 11.6. The summed E-state index contributed by atoms with van der Waals surface area (Å²) in [5.74, 6) is -0.693. The van der Waals surface area contributed by atoms with E-state index < -0.39 is 12.0 Å². The highest BCUT2D eigenvalue weighted by molar-refractivity contribution is 5.82. The second kappa shape index (κ2) is 6.56. The van der Waals surface area contributed by atoms with Gasteiger partial charge in [0, 0.05) is 19.5 Å². The molecule has 17 heavy (non-hydrogen) atoms. The van der Waals surface area contributed by atoms with Crippen LogP contribution in [0.4, 0.5) is 0 Å². The molecule has 2 atom stereocenters. The van der Waals surface area contributed by atoms with Crippen LogP contribution in [0, 0.1) is 5.92 Å². The number of carbonyl (C=O) groups excluding carboxylic acids is 1. The number of nitrogens with zero attached hydrogens (tertiary/aromatic N) is 1. The molecule has 0 saturated carbocycles. The summed E-state index contributed by atoms with van der Waals surface area (Å²) in [6.45, 7) is 2.68. The van der Waals surface area contributed by atoms with Gasteiger partial charge in [-0.1, -0.05) is 0 Å². The topological polar surface area (TPSA) is 95.7 Å². The predicted octanol–water partition coefficient (Wildman–Crippen LogP) is -0.754. The molecule has 1 fully saturated rings. The molecule has 98 valence electrons. The molecule has 0 aliphatic carbocycles. The van der Waals surface area contributed by atoms with Crippen molar-refractivity contribution < 1.29 is 14.7 Å². The monoisotopic (exact) mass is 243 g/mol. The zero-order chi connectivity index (χ0) is 12.8. The third kappa shape index (κ3) is 5.14. The van der Waals surface area contributed by atoms with E-state index in [1.54, 1.807) is 0 Å². The van der Waals surface area contributed by atoms with Crippen LogP contribution in [0.2, 0.25) is 0 Å². The number of likely N-dealkylation sites (tertiary alicyclic amines) is 1. The maximum absolute atomic E-state index is 11.6. The van der Waals surface area contributed by atoms with E-state index in [0.29, 0.717) is 12.5 Å². The van der Waals surface area contributed by atoms with E-state index >= 15 is 0 Å². The van der Waals surface area contributed by atoms with Gasteiger partial charge >= 0.3 is 5.97 Å². The normalized spacial score (nSPS) is 22.4. The van der Waals surface area contributed by atoms with Crippen molar-refractivity contribution in [1.82, 2.24) is 10.2 Å². The lowest BCUT2D eigenvalue weighted by Gasteiger charge is -2.14. The second-order valence-electron chi connectivity index (χ2n) is 4.70. The van der Waals surface area contributed by atoms with Gasteiger partial charge in [-0.25, -0.2) is 0 Å². The standard InChI is InChI=1S/C11H21N3O3/c1-14-5-4-8(7-14)6-13-11(17)9(12)2-3-10(15)16/h8-9H,2-7,12H2,1H3,(H,13,17)(H,15,16). The summed E-state index contributed by atoms with van der Waals surface area (Å²) in [6.07, 6.45) is 1.20. The number of hydrogen-bond acceptors (Lipinski definition) is 4. The average Bonchev–Trinajstić information content (AvgIpc) is 2.68. The molecule has 6 nitrogen and oxygen atoms in total. The second-order valence-corrected chi connectivity index (χ2v) is 4.70. The van der Waals surface area contributed by atoms with E-state index in [0.717, 1.165) is 19.5 Å². The molecule has 1 aliphatic rings. The molecule has 1 aliphatic heterocycles. The molecule has 1 heterocycles. The summed E-state index contributed by atoms with van der Waals surface area (Å²) < 4.78 is 0. The van der Waals surface area contributed by atoms with Crippen molar-refractivity contribution >= 4 is 11.9 Å². The predicted molar refractivity (Wildman–Crippen MR) is 63.5 cm³/mol. The lowest BCUT2D eigenvalue weighted by Crippen LogP contribution is -2.42. The first-order valence-electron chi connectivity index (χ1n) is 5.92. The molecule has 1 saturated heterocycles. The molecule has 1 amide bonds. The Balaban J connectivity index is 2.17. The van der Waals surface area contributed by atoms with E-state index in [4.69, 9.17) is 10.8 Å². The number of carbonyl (C=O) groups is 2. The minimum absolute atomic E-state index is 0.0687. The molecule has 0 spiro atoms. The zero-order valence-electron chi connectivity index (χ0n) is 10.2. The van der Waals surface area contributed by atoms with Gasteiger partial charge in [-0.05, 0) is 32.4 Å². The minimum Gasteiger partial charge on any atom is -0.481 e. The number of carboxylic acid groups (broad SMARTS) is 1. The molecule has 4 N–H and O–H groups in total. The van der Waals surface area contributed by atoms with Crippen LogP contribution < -0.4 is 11.1 Å². The van der Waals surface area contributed by atoms with Crippen molar-refractivity contribution in [3.63, 3.8) is 0 Å². The summed E-state index contributed by atoms with van der Waals surface area (Å²) in [6, 6.07) is -0.717. The number of amides is 1. The first kappa shape index (κ1) is 13.9. The van der Waals surface area contributed by atoms with E-state index in [2.05, 4.69) is 17.3 Å². The first-order chi connectivity index (χ1) is 7.99. The Kier molecular flexibility index (Phi) is 5.37. The van der Waals surface area contributed by atoms with Gasteiger partial charge in [0.1, 0.15) is 0 Å². The fraction of sp³-hybridized carbons (Fsp3) is 0.818. The number of hydrogen-bond donors (Lipinski definition) is 3. The largest absolute Gasteiger partial charge is 0.481 e. The van der Waals surface area contributed by atoms with Crippen LogP contribution in [0.5, 0.6) is 0 Å². The smallest absolute Gasteiger partial charge is 0.303 e. The highest BCUT2D eigenvalue weighted by Crippen LogP contribution is 2.12. The van der Waals surface area contributed by atoms with Gasteiger partial charge in [0.05, 0.1) is 6.04 Å². The van der Waals surface area contributed by atoms with Crippen LogP contribution in [0.15, 0.2) is 0 Å². The number of aliphatic carboxylic acids is 1. The molecule has 0 aromatic heterocycles. The van der Waals surface area contributed by atoms with E-state index in [1.807, 2.05) is 0 Å². The Hall–Kier alpha value is -1.14. The SMILES string of the molecule is CN1CCC(CNC(=O)C(N)CCC(=O)O)C1. The zero-order valence-corrected chi connectivity index (χ0v) is 10.2. The van der Waals surface area contributed by atoms with Crippen molar-refractivity contribution in [2.45, 2.75) is 25.3 Å². The number of rotatable bonds is 6. The van der Waals surface area contributed by atoms with Gasteiger partial charge in [0.25, 0.3) is 0 Å².